The Balaban J connectivity index is -0.00000338. The van der Waals surface area contributed by atoms with Gasteiger partial charge in [-0.25, -0.2) is 0 Å². The minimum absolute atomic E-state index is 0. The number of rotatable bonds is 21. The first-order valence-electron chi connectivity index (χ1n) is 11.3. The predicted molar refractivity (Wildman–Crippen MR) is 121 cm³/mol. The van der Waals surface area contributed by atoms with E-state index < -0.39 is 10.1 Å². The van der Waals surface area contributed by atoms with E-state index in [9.17, 15) is 8.42 Å². The molecule has 0 N–H and O–H groups in total. The van der Waals surface area contributed by atoms with Gasteiger partial charge in [-0.2, -0.15) is 0 Å². The first-order valence-corrected chi connectivity index (χ1v) is 14.2. The second kappa shape index (κ2) is 24.4. The summed E-state index contributed by atoms with van der Waals surface area (Å²) in [5.74, 6) is 0.00414. The summed E-state index contributed by atoms with van der Waals surface area (Å²) in [6.45, 7) is 2.57. The summed E-state index contributed by atoms with van der Waals surface area (Å²) >= 11 is 2.43. The number of hydrogen-bond acceptors (Lipinski definition) is 3. The fourth-order valence-corrected chi connectivity index (χ4v) is 4.17. The molecule has 0 bridgehead atoms. The van der Waals surface area contributed by atoms with Gasteiger partial charge in [-0.15, -0.1) is 0 Å². The average Bonchev–Trinajstić information content (AvgIpc) is 2.64. The van der Waals surface area contributed by atoms with E-state index in [4.69, 9.17) is 4.18 Å². The molecule has 6 heteroatoms. The van der Waals surface area contributed by atoms with Crippen LogP contribution in [0, 0.1) is 0 Å². The van der Waals surface area contributed by atoms with Crippen LogP contribution in [0.15, 0.2) is 12.2 Å². The second-order valence-electron chi connectivity index (χ2n) is 7.48. The molecule has 0 heterocycles. The van der Waals surface area contributed by atoms with E-state index in [-0.39, 0.29) is 36.7 Å². The molecule has 0 spiro atoms. The first-order chi connectivity index (χ1) is 13.1. The molecular formula is C22H45NaO3SSe. The van der Waals surface area contributed by atoms with E-state index in [2.05, 4.69) is 22.9 Å². The molecule has 164 valence electrons. The Labute approximate surface area is 207 Å². The molecule has 0 aromatic rings. The summed E-state index contributed by atoms with van der Waals surface area (Å²) in [5.41, 5.74) is 0. The minimum atomic E-state index is -3.37. The molecule has 3 nitrogen and oxygen atoms in total. The maximum atomic E-state index is 11.6. The SMILES string of the molecule is CCCCCCCCCCCCCCCCC=CCS(=O)(=O)OCCC[SeH].[H-].[Na+]. The van der Waals surface area contributed by atoms with Crippen LogP contribution in [0.3, 0.4) is 0 Å². The fourth-order valence-electron chi connectivity index (χ4n) is 3.06. The zero-order valence-corrected chi connectivity index (χ0v) is 23.4. The Morgan fingerprint density at radius 1 is 0.750 bits per heavy atom. The van der Waals surface area contributed by atoms with Crippen LogP contribution < -0.4 is 29.6 Å². The summed E-state index contributed by atoms with van der Waals surface area (Å²) in [6, 6.07) is 0. The molecule has 0 unspecified atom stereocenters. The Morgan fingerprint density at radius 3 is 1.68 bits per heavy atom. The van der Waals surface area contributed by atoms with Gasteiger partial charge < -0.3 is 1.43 Å². The molecule has 0 saturated carbocycles. The van der Waals surface area contributed by atoms with Crippen molar-refractivity contribution in [2.75, 3.05) is 12.4 Å². The Hall–Kier alpha value is 1.17. The van der Waals surface area contributed by atoms with Crippen molar-refractivity contribution < 1.29 is 43.6 Å². The number of hydrogen-bond donors (Lipinski definition) is 0. The van der Waals surface area contributed by atoms with E-state index in [1.165, 1.54) is 83.5 Å². The summed E-state index contributed by atoms with van der Waals surface area (Å²) in [7, 11) is -3.37. The molecule has 0 saturated heterocycles. The molecule has 0 aromatic heterocycles. The van der Waals surface area contributed by atoms with Crippen molar-refractivity contribution in [3.8, 4) is 0 Å². The fraction of sp³-hybridized carbons (Fsp3) is 0.909. The largest absolute Gasteiger partial charge is 1.00 e. The molecule has 0 fully saturated rings. The van der Waals surface area contributed by atoms with Crippen molar-refractivity contribution in [1.29, 1.82) is 0 Å². The third-order valence-electron chi connectivity index (χ3n) is 4.76. The van der Waals surface area contributed by atoms with Gasteiger partial charge in [0.1, 0.15) is 0 Å². The van der Waals surface area contributed by atoms with Crippen molar-refractivity contribution in [2.24, 2.45) is 0 Å². The van der Waals surface area contributed by atoms with Gasteiger partial charge in [-0.1, -0.05) is 77.6 Å². The Kier molecular flexibility index (Phi) is 27.4. The molecule has 0 aliphatic rings. The number of unbranched alkanes of at least 4 members (excludes halogenated alkanes) is 14. The minimum Gasteiger partial charge on any atom is -1.00 e. The molecule has 0 aliphatic heterocycles. The van der Waals surface area contributed by atoms with Gasteiger partial charge >= 0.3 is 130 Å². The quantitative estimate of drug-likeness (QED) is 0.107. The van der Waals surface area contributed by atoms with Gasteiger partial charge in [0.05, 0.1) is 0 Å². The van der Waals surface area contributed by atoms with Gasteiger partial charge in [0, 0.05) is 0 Å². The standard InChI is InChI=1S/C22H44O3SSe.Na.H/c1-2-3-4-5-6-7-8-9-10-11-12-13-14-15-16-17-18-21-26(23,24)25-20-19-22-27;;/h17-18,27H,2-16,19-22H2,1H3;;/q;+1;-1. The normalized spacial score (nSPS) is 11.8. The third kappa shape index (κ3) is 25.2. The number of allylic oxidation sites excluding steroid dienone is 1. The molecule has 0 rings (SSSR count). The van der Waals surface area contributed by atoms with Gasteiger partial charge in [-0.05, 0) is 0 Å². The third-order valence-corrected chi connectivity index (χ3v) is 6.55. The summed E-state index contributed by atoms with van der Waals surface area (Å²) in [6.07, 6.45) is 24.6. The van der Waals surface area contributed by atoms with Crippen LogP contribution in [0.2, 0.25) is 5.32 Å². The topological polar surface area (TPSA) is 43.4 Å². The van der Waals surface area contributed by atoms with Crippen LogP contribution in [0.4, 0.5) is 0 Å². The van der Waals surface area contributed by atoms with Crippen molar-refractivity contribution in [3.63, 3.8) is 0 Å². The first kappa shape index (κ1) is 31.4. The van der Waals surface area contributed by atoms with Crippen LogP contribution in [-0.2, 0) is 14.3 Å². The average molecular weight is 492 g/mol. The summed E-state index contributed by atoms with van der Waals surface area (Å²) in [5, 5.41) is 0.886. The van der Waals surface area contributed by atoms with Crippen molar-refractivity contribution in [3.05, 3.63) is 12.2 Å². The second-order valence-corrected chi connectivity index (χ2v) is 10.1. The Morgan fingerprint density at radius 2 is 1.21 bits per heavy atom. The molecule has 0 aromatic carbocycles. The maximum Gasteiger partial charge on any atom is 1.00 e. The monoisotopic (exact) mass is 492 g/mol. The zero-order valence-electron chi connectivity index (χ0n) is 19.7. The zero-order chi connectivity index (χ0) is 20.1. The molecule has 0 atom stereocenters. The smallest absolute Gasteiger partial charge is 1.00 e. The van der Waals surface area contributed by atoms with Gasteiger partial charge in [0.15, 0.2) is 0 Å². The molecular weight excluding hydrogens is 446 g/mol. The predicted octanol–water partition coefficient (Wildman–Crippen LogP) is 3.59. The van der Waals surface area contributed by atoms with E-state index >= 15 is 0 Å². The van der Waals surface area contributed by atoms with Crippen LogP contribution in [0.1, 0.15) is 111 Å². The van der Waals surface area contributed by atoms with Crippen molar-refractivity contribution in [1.82, 2.24) is 0 Å². The summed E-state index contributed by atoms with van der Waals surface area (Å²) in [4.78, 5) is 0. The van der Waals surface area contributed by atoms with Crippen LogP contribution >= 0.6 is 0 Å². The van der Waals surface area contributed by atoms with E-state index in [1.54, 1.807) is 6.08 Å². The van der Waals surface area contributed by atoms with Crippen LogP contribution in [0.5, 0.6) is 0 Å². The van der Waals surface area contributed by atoms with Crippen molar-refractivity contribution >= 4 is 26.1 Å². The van der Waals surface area contributed by atoms with Crippen molar-refractivity contribution in [2.45, 2.75) is 115 Å². The van der Waals surface area contributed by atoms with E-state index in [1.807, 2.05) is 6.08 Å². The van der Waals surface area contributed by atoms with Crippen LogP contribution in [0.25, 0.3) is 0 Å². The molecule has 0 amide bonds. The molecule has 28 heavy (non-hydrogen) atoms. The van der Waals surface area contributed by atoms with Gasteiger partial charge in [0.2, 0.25) is 0 Å². The molecule has 0 aliphatic carbocycles. The molecule has 0 radical (unpaired) electrons. The Bertz CT molecular complexity index is 434. The summed E-state index contributed by atoms with van der Waals surface area (Å²) < 4.78 is 28.1. The van der Waals surface area contributed by atoms with E-state index in [0.717, 1.165) is 24.6 Å². The van der Waals surface area contributed by atoms with Gasteiger partial charge in [0.25, 0.3) is 0 Å². The van der Waals surface area contributed by atoms with Crippen LogP contribution in [-0.4, -0.2) is 36.8 Å². The maximum absolute atomic E-state index is 11.6. The van der Waals surface area contributed by atoms with Gasteiger partial charge in [-0.3, -0.25) is 0 Å². The van der Waals surface area contributed by atoms with E-state index in [0.29, 0.717) is 6.61 Å².